The van der Waals surface area contributed by atoms with E-state index in [0.29, 0.717) is 18.3 Å². The van der Waals surface area contributed by atoms with Crippen LogP contribution in [0.25, 0.3) is 0 Å². The lowest BCUT2D eigenvalue weighted by Gasteiger charge is -2.10. The molecule has 0 spiro atoms. The Balaban J connectivity index is 2.36. The molecule has 0 radical (unpaired) electrons. The lowest BCUT2D eigenvalue weighted by Crippen LogP contribution is -2.05. The van der Waals surface area contributed by atoms with E-state index < -0.39 is 0 Å². The van der Waals surface area contributed by atoms with Crippen molar-refractivity contribution < 1.29 is 4.74 Å². The van der Waals surface area contributed by atoms with Crippen LogP contribution in [-0.4, -0.2) is 14.8 Å². The standard InChI is InChI=1S/C12H16N4O/c1-8-4-5-14-12(10(8)7-13)17-11-6-9(2)15-16(11)3/h4-6H,7,13H2,1-3H3. The Morgan fingerprint density at radius 1 is 1.41 bits per heavy atom. The molecule has 2 heterocycles. The van der Waals surface area contributed by atoms with Gasteiger partial charge in [0, 0.05) is 31.4 Å². The smallest absolute Gasteiger partial charge is 0.226 e. The predicted molar refractivity (Wildman–Crippen MR) is 64.9 cm³/mol. The van der Waals surface area contributed by atoms with Gasteiger partial charge in [-0.05, 0) is 25.5 Å². The van der Waals surface area contributed by atoms with Crippen LogP contribution in [0.1, 0.15) is 16.8 Å². The number of aryl methyl sites for hydroxylation is 3. The lowest BCUT2D eigenvalue weighted by atomic mass is 10.1. The number of aromatic nitrogens is 3. The number of nitrogens with two attached hydrogens (primary N) is 1. The summed E-state index contributed by atoms with van der Waals surface area (Å²) in [6, 6.07) is 3.79. The Morgan fingerprint density at radius 2 is 2.18 bits per heavy atom. The second-order valence-corrected chi connectivity index (χ2v) is 3.97. The first-order valence-electron chi connectivity index (χ1n) is 5.45. The largest absolute Gasteiger partial charge is 0.421 e. The number of rotatable bonds is 3. The maximum absolute atomic E-state index is 5.74. The van der Waals surface area contributed by atoms with Gasteiger partial charge >= 0.3 is 0 Å². The second-order valence-electron chi connectivity index (χ2n) is 3.97. The minimum atomic E-state index is 0.409. The average Bonchev–Trinajstić information content (AvgIpc) is 2.58. The van der Waals surface area contributed by atoms with Gasteiger partial charge in [0.15, 0.2) is 0 Å². The van der Waals surface area contributed by atoms with Gasteiger partial charge in [0.05, 0.1) is 5.69 Å². The van der Waals surface area contributed by atoms with Crippen LogP contribution in [0.2, 0.25) is 0 Å². The maximum Gasteiger partial charge on any atom is 0.226 e. The molecule has 2 rings (SSSR count). The van der Waals surface area contributed by atoms with Crippen LogP contribution in [0.4, 0.5) is 0 Å². The van der Waals surface area contributed by atoms with Crippen molar-refractivity contribution in [2.45, 2.75) is 20.4 Å². The van der Waals surface area contributed by atoms with Crippen LogP contribution in [0.3, 0.4) is 0 Å². The van der Waals surface area contributed by atoms with Crippen molar-refractivity contribution in [3.05, 3.63) is 35.2 Å². The quantitative estimate of drug-likeness (QED) is 0.874. The molecule has 0 atom stereocenters. The molecule has 0 fully saturated rings. The van der Waals surface area contributed by atoms with Crippen molar-refractivity contribution >= 4 is 0 Å². The highest BCUT2D eigenvalue weighted by atomic mass is 16.5. The average molecular weight is 232 g/mol. The molecule has 0 saturated carbocycles. The van der Waals surface area contributed by atoms with E-state index in [1.54, 1.807) is 10.9 Å². The molecular weight excluding hydrogens is 216 g/mol. The van der Waals surface area contributed by atoms with E-state index >= 15 is 0 Å². The molecule has 0 bridgehead atoms. The van der Waals surface area contributed by atoms with Crippen molar-refractivity contribution in [2.75, 3.05) is 0 Å². The maximum atomic E-state index is 5.74. The van der Waals surface area contributed by atoms with E-state index in [1.165, 1.54) is 0 Å². The van der Waals surface area contributed by atoms with Gasteiger partial charge < -0.3 is 10.5 Å². The molecule has 2 aromatic rings. The molecule has 0 aromatic carbocycles. The molecule has 2 N–H and O–H groups in total. The van der Waals surface area contributed by atoms with E-state index in [4.69, 9.17) is 10.5 Å². The minimum absolute atomic E-state index is 0.409. The highest BCUT2D eigenvalue weighted by molar-refractivity contribution is 5.35. The Morgan fingerprint density at radius 3 is 2.76 bits per heavy atom. The third kappa shape index (κ3) is 2.29. The Bertz CT molecular complexity index is 533. The predicted octanol–water partition coefficient (Wildman–Crippen LogP) is 1.68. The first-order chi connectivity index (χ1) is 8.11. The van der Waals surface area contributed by atoms with Crippen LogP contribution in [0.5, 0.6) is 11.8 Å². The van der Waals surface area contributed by atoms with Crippen LogP contribution < -0.4 is 10.5 Å². The monoisotopic (exact) mass is 232 g/mol. The summed E-state index contributed by atoms with van der Waals surface area (Å²) in [5.74, 6) is 1.21. The molecule has 5 nitrogen and oxygen atoms in total. The summed E-state index contributed by atoms with van der Waals surface area (Å²) in [7, 11) is 1.83. The fraction of sp³-hybridized carbons (Fsp3) is 0.333. The molecule has 5 heteroatoms. The van der Waals surface area contributed by atoms with E-state index in [1.807, 2.05) is 33.0 Å². The van der Waals surface area contributed by atoms with Gasteiger partial charge in [0.25, 0.3) is 0 Å². The summed E-state index contributed by atoms with van der Waals surface area (Å²) in [4.78, 5) is 4.21. The lowest BCUT2D eigenvalue weighted by molar-refractivity contribution is 0.410. The summed E-state index contributed by atoms with van der Waals surface area (Å²) in [5, 5.41) is 4.22. The summed E-state index contributed by atoms with van der Waals surface area (Å²) in [6.45, 7) is 4.32. The number of ether oxygens (including phenoxy) is 1. The number of hydrogen-bond donors (Lipinski definition) is 1. The van der Waals surface area contributed by atoms with Gasteiger partial charge in [-0.1, -0.05) is 0 Å². The molecule has 0 saturated heterocycles. The first kappa shape index (κ1) is 11.6. The third-order valence-electron chi connectivity index (χ3n) is 2.61. The summed E-state index contributed by atoms with van der Waals surface area (Å²) < 4.78 is 7.42. The van der Waals surface area contributed by atoms with Gasteiger partial charge in [0.1, 0.15) is 0 Å². The third-order valence-corrected chi connectivity index (χ3v) is 2.61. The highest BCUT2D eigenvalue weighted by Gasteiger charge is 2.10. The van der Waals surface area contributed by atoms with Crippen molar-refractivity contribution in [3.8, 4) is 11.8 Å². The Labute approximate surface area is 100 Å². The van der Waals surface area contributed by atoms with Crippen LogP contribution >= 0.6 is 0 Å². The molecule has 0 aliphatic rings. The fourth-order valence-corrected chi connectivity index (χ4v) is 1.68. The molecule has 90 valence electrons. The second kappa shape index (κ2) is 4.55. The molecular formula is C12H16N4O. The number of hydrogen-bond acceptors (Lipinski definition) is 4. The Kier molecular flexibility index (Phi) is 3.10. The molecule has 0 unspecified atom stereocenters. The van der Waals surface area contributed by atoms with Crippen molar-refractivity contribution in [3.63, 3.8) is 0 Å². The van der Waals surface area contributed by atoms with E-state index in [2.05, 4.69) is 10.1 Å². The van der Waals surface area contributed by atoms with Crippen LogP contribution in [0.15, 0.2) is 18.3 Å². The summed E-state index contributed by atoms with van der Waals surface area (Å²) in [6.07, 6.45) is 1.72. The summed E-state index contributed by atoms with van der Waals surface area (Å²) >= 11 is 0. The van der Waals surface area contributed by atoms with Gasteiger partial charge in [-0.3, -0.25) is 0 Å². The van der Waals surface area contributed by atoms with Gasteiger partial charge in [-0.2, -0.15) is 5.10 Å². The summed E-state index contributed by atoms with van der Waals surface area (Å²) in [5.41, 5.74) is 8.62. The van der Waals surface area contributed by atoms with E-state index in [0.717, 1.165) is 16.8 Å². The molecule has 0 amide bonds. The van der Waals surface area contributed by atoms with E-state index in [-0.39, 0.29) is 0 Å². The highest BCUT2D eigenvalue weighted by Crippen LogP contribution is 2.24. The Hall–Kier alpha value is -1.88. The fourth-order valence-electron chi connectivity index (χ4n) is 1.68. The SMILES string of the molecule is Cc1cc(Oc2nccc(C)c2CN)n(C)n1. The zero-order valence-electron chi connectivity index (χ0n) is 10.3. The molecule has 17 heavy (non-hydrogen) atoms. The molecule has 0 aliphatic carbocycles. The first-order valence-corrected chi connectivity index (χ1v) is 5.45. The molecule has 0 aliphatic heterocycles. The van der Waals surface area contributed by atoms with Gasteiger partial charge in [-0.15, -0.1) is 0 Å². The van der Waals surface area contributed by atoms with Crippen LogP contribution in [-0.2, 0) is 13.6 Å². The molecule has 2 aromatic heterocycles. The minimum Gasteiger partial charge on any atom is -0.421 e. The normalized spacial score (nSPS) is 10.6. The van der Waals surface area contributed by atoms with Crippen molar-refractivity contribution in [1.29, 1.82) is 0 Å². The van der Waals surface area contributed by atoms with E-state index in [9.17, 15) is 0 Å². The zero-order chi connectivity index (χ0) is 12.4. The zero-order valence-corrected chi connectivity index (χ0v) is 10.3. The van der Waals surface area contributed by atoms with Gasteiger partial charge in [0.2, 0.25) is 11.8 Å². The topological polar surface area (TPSA) is 66.0 Å². The van der Waals surface area contributed by atoms with Crippen molar-refractivity contribution in [1.82, 2.24) is 14.8 Å². The van der Waals surface area contributed by atoms with Crippen LogP contribution in [0, 0.1) is 13.8 Å². The van der Waals surface area contributed by atoms with Gasteiger partial charge in [-0.25, -0.2) is 9.67 Å². The number of pyridine rings is 1. The van der Waals surface area contributed by atoms with Crippen molar-refractivity contribution in [2.24, 2.45) is 12.8 Å². The number of nitrogens with zero attached hydrogens (tertiary/aromatic N) is 3.